The highest BCUT2D eigenvalue weighted by atomic mass is 16.2. The van der Waals surface area contributed by atoms with Crippen molar-refractivity contribution in [2.45, 2.75) is 0 Å². The first-order valence-corrected chi connectivity index (χ1v) is 4.65. The molecular weight excluding hydrogens is 178 g/mol. The Bertz CT molecular complexity index is 280. The molecule has 0 bridgehead atoms. The number of likely N-dealkylation sites (N-methyl/N-ethyl adjacent to an activating group) is 2. The van der Waals surface area contributed by atoms with Crippen molar-refractivity contribution in [1.82, 2.24) is 14.8 Å². The van der Waals surface area contributed by atoms with Gasteiger partial charge >= 0.3 is 0 Å². The lowest BCUT2D eigenvalue weighted by molar-refractivity contribution is 0.0781. The van der Waals surface area contributed by atoms with Gasteiger partial charge in [0.05, 0.1) is 0 Å². The van der Waals surface area contributed by atoms with Crippen LogP contribution in [0.1, 0.15) is 10.5 Å². The summed E-state index contributed by atoms with van der Waals surface area (Å²) in [6.07, 6.45) is 1.76. The van der Waals surface area contributed by atoms with Crippen molar-refractivity contribution >= 4 is 5.91 Å². The Morgan fingerprint density at radius 1 is 1.36 bits per heavy atom. The van der Waals surface area contributed by atoms with Gasteiger partial charge < -0.3 is 14.8 Å². The zero-order chi connectivity index (χ0) is 10.6. The van der Waals surface area contributed by atoms with Gasteiger partial charge in [-0.25, -0.2) is 0 Å². The van der Waals surface area contributed by atoms with Crippen LogP contribution in [0.25, 0.3) is 0 Å². The van der Waals surface area contributed by atoms with E-state index in [9.17, 15) is 4.79 Å². The van der Waals surface area contributed by atoms with Crippen molar-refractivity contribution in [2.75, 3.05) is 34.2 Å². The Morgan fingerprint density at radius 2 is 2.07 bits per heavy atom. The number of nitrogens with one attached hydrogen (secondary N) is 1. The molecule has 4 nitrogen and oxygen atoms in total. The van der Waals surface area contributed by atoms with E-state index >= 15 is 0 Å². The fourth-order valence-electron chi connectivity index (χ4n) is 1.12. The Labute approximate surface area is 84.5 Å². The SMILES string of the molecule is CN(C)CCN(C)C(=O)c1ccc[nH]1. The van der Waals surface area contributed by atoms with Gasteiger partial charge in [-0.15, -0.1) is 0 Å². The van der Waals surface area contributed by atoms with E-state index in [1.54, 1.807) is 17.2 Å². The molecule has 78 valence electrons. The number of carbonyl (C=O) groups excluding carboxylic acids is 1. The van der Waals surface area contributed by atoms with Crippen LogP contribution in [0.3, 0.4) is 0 Å². The molecule has 0 spiro atoms. The molecule has 1 N–H and O–H groups in total. The van der Waals surface area contributed by atoms with E-state index in [1.165, 1.54) is 0 Å². The van der Waals surface area contributed by atoms with Crippen molar-refractivity contribution in [3.05, 3.63) is 24.0 Å². The summed E-state index contributed by atoms with van der Waals surface area (Å²) in [5, 5.41) is 0. The van der Waals surface area contributed by atoms with Crippen LogP contribution < -0.4 is 0 Å². The molecule has 4 heteroatoms. The zero-order valence-corrected chi connectivity index (χ0v) is 8.95. The van der Waals surface area contributed by atoms with E-state index in [1.807, 2.05) is 27.2 Å². The number of carbonyl (C=O) groups is 1. The quantitative estimate of drug-likeness (QED) is 0.766. The van der Waals surface area contributed by atoms with Gasteiger partial charge in [0.15, 0.2) is 0 Å². The number of hydrogen-bond acceptors (Lipinski definition) is 2. The highest BCUT2D eigenvalue weighted by Gasteiger charge is 2.11. The number of H-pyrrole nitrogens is 1. The van der Waals surface area contributed by atoms with Crippen molar-refractivity contribution in [2.24, 2.45) is 0 Å². The van der Waals surface area contributed by atoms with Crippen LogP contribution in [0.2, 0.25) is 0 Å². The summed E-state index contributed by atoms with van der Waals surface area (Å²) in [4.78, 5) is 18.4. The van der Waals surface area contributed by atoms with E-state index in [4.69, 9.17) is 0 Å². The van der Waals surface area contributed by atoms with Gasteiger partial charge in [0.1, 0.15) is 5.69 Å². The summed E-state index contributed by atoms with van der Waals surface area (Å²) in [6.45, 7) is 1.62. The minimum Gasteiger partial charge on any atom is -0.357 e. The maximum absolute atomic E-state index is 11.7. The molecule has 0 radical (unpaired) electrons. The molecule has 1 amide bonds. The lowest BCUT2D eigenvalue weighted by Gasteiger charge is -2.18. The van der Waals surface area contributed by atoms with Crippen LogP contribution in [0.15, 0.2) is 18.3 Å². The lowest BCUT2D eigenvalue weighted by atomic mass is 10.3. The van der Waals surface area contributed by atoms with Crippen molar-refractivity contribution in [3.63, 3.8) is 0 Å². The first kappa shape index (κ1) is 10.8. The van der Waals surface area contributed by atoms with Gasteiger partial charge in [0, 0.05) is 26.3 Å². The first-order chi connectivity index (χ1) is 6.61. The Morgan fingerprint density at radius 3 is 2.57 bits per heavy atom. The van der Waals surface area contributed by atoms with Crippen molar-refractivity contribution in [1.29, 1.82) is 0 Å². The second kappa shape index (κ2) is 4.81. The van der Waals surface area contributed by atoms with Crippen LogP contribution in [0, 0.1) is 0 Å². The predicted octanol–water partition coefficient (Wildman–Crippen LogP) is 0.648. The molecule has 0 aliphatic rings. The smallest absolute Gasteiger partial charge is 0.270 e. The second-order valence-corrected chi connectivity index (χ2v) is 3.61. The fourth-order valence-corrected chi connectivity index (χ4v) is 1.12. The second-order valence-electron chi connectivity index (χ2n) is 3.61. The number of amides is 1. The summed E-state index contributed by atoms with van der Waals surface area (Å²) in [6, 6.07) is 3.61. The minimum atomic E-state index is 0.0388. The Balaban J connectivity index is 2.45. The molecule has 0 saturated carbocycles. The molecule has 1 rings (SSSR count). The molecule has 0 unspecified atom stereocenters. The topological polar surface area (TPSA) is 39.3 Å². The van der Waals surface area contributed by atoms with E-state index in [0.717, 1.165) is 13.1 Å². The molecule has 1 aromatic heterocycles. The Hall–Kier alpha value is -1.29. The highest BCUT2D eigenvalue weighted by molar-refractivity contribution is 5.92. The normalized spacial score (nSPS) is 10.6. The van der Waals surface area contributed by atoms with E-state index in [2.05, 4.69) is 9.88 Å². The number of aromatic amines is 1. The summed E-state index contributed by atoms with van der Waals surface area (Å²) < 4.78 is 0. The van der Waals surface area contributed by atoms with Crippen LogP contribution in [-0.2, 0) is 0 Å². The maximum Gasteiger partial charge on any atom is 0.270 e. The van der Waals surface area contributed by atoms with E-state index in [0.29, 0.717) is 5.69 Å². The Kier molecular flexibility index (Phi) is 3.71. The third-order valence-corrected chi connectivity index (χ3v) is 2.06. The van der Waals surface area contributed by atoms with Crippen LogP contribution in [0.4, 0.5) is 0 Å². The average molecular weight is 195 g/mol. The average Bonchev–Trinajstić information content (AvgIpc) is 2.65. The molecule has 0 fully saturated rings. The molecule has 1 heterocycles. The minimum absolute atomic E-state index is 0.0388. The fraction of sp³-hybridized carbons (Fsp3) is 0.500. The maximum atomic E-state index is 11.7. The van der Waals surface area contributed by atoms with Gasteiger partial charge in [-0.1, -0.05) is 0 Å². The third-order valence-electron chi connectivity index (χ3n) is 2.06. The number of nitrogens with zero attached hydrogens (tertiary/aromatic N) is 2. The summed E-state index contributed by atoms with van der Waals surface area (Å²) in [7, 11) is 5.80. The molecule has 0 saturated heterocycles. The molecular formula is C10H17N3O. The zero-order valence-electron chi connectivity index (χ0n) is 8.95. The van der Waals surface area contributed by atoms with Gasteiger partial charge in [-0.3, -0.25) is 4.79 Å². The predicted molar refractivity (Wildman–Crippen MR) is 56.3 cm³/mol. The molecule has 0 atom stereocenters. The van der Waals surface area contributed by atoms with Crippen LogP contribution in [-0.4, -0.2) is 54.9 Å². The van der Waals surface area contributed by atoms with Gasteiger partial charge in [0.25, 0.3) is 5.91 Å². The van der Waals surface area contributed by atoms with Crippen molar-refractivity contribution in [3.8, 4) is 0 Å². The van der Waals surface area contributed by atoms with E-state index < -0.39 is 0 Å². The van der Waals surface area contributed by atoms with Gasteiger partial charge in [-0.05, 0) is 26.2 Å². The summed E-state index contributed by atoms with van der Waals surface area (Å²) in [5.41, 5.74) is 0.645. The van der Waals surface area contributed by atoms with E-state index in [-0.39, 0.29) is 5.91 Å². The summed E-state index contributed by atoms with van der Waals surface area (Å²) >= 11 is 0. The number of hydrogen-bond donors (Lipinski definition) is 1. The van der Waals surface area contributed by atoms with Crippen LogP contribution in [0.5, 0.6) is 0 Å². The first-order valence-electron chi connectivity index (χ1n) is 4.65. The van der Waals surface area contributed by atoms with Gasteiger partial charge in [0.2, 0.25) is 0 Å². The lowest BCUT2D eigenvalue weighted by Crippen LogP contribution is -2.33. The molecule has 14 heavy (non-hydrogen) atoms. The molecule has 0 aliphatic heterocycles. The van der Waals surface area contributed by atoms with Crippen molar-refractivity contribution < 1.29 is 4.79 Å². The third kappa shape index (κ3) is 2.88. The summed E-state index contributed by atoms with van der Waals surface area (Å²) in [5.74, 6) is 0.0388. The monoisotopic (exact) mass is 195 g/mol. The number of aromatic nitrogens is 1. The molecule has 1 aromatic rings. The highest BCUT2D eigenvalue weighted by Crippen LogP contribution is 1.99. The largest absolute Gasteiger partial charge is 0.357 e. The standard InChI is InChI=1S/C10H17N3O/c1-12(2)7-8-13(3)10(14)9-5-4-6-11-9/h4-6,11H,7-8H2,1-3H3. The van der Waals surface area contributed by atoms with Gasteiger partial charge in [-0.2, -0.15) is 0 Å². The number of rotatable bonds is 4. The van der Waals surface area contributed by atoms with Crippen LogP contribution >= 0.6 is 0 Å². The molecule has 0 aliphatic carbocycles. The molecule has 0 aromatic carbocycles.